The first-order chi connectivity index (χ1) is 24.7. The third kappa shape index (κ3) is 6.66. The Morgan fingerprint density at radius 2 is 1.80 bits per heavy atom. The van der Waals surface area contributed by atoms with E-state index >= 15 is 0 Å². The number of para-hydroxylation sites is 1. The first-order valence-electron chi connectivity index (χ1n) is 19.5. The molecule has 2 saturated carbocycles. The maximum atomic E-state index is 13.6. The Labute approximate surface area is 304 Å². The summed E-state index contributed by atoms with van der Waals surface area (Å²) in [5.74, 6) is 2.99. The van der Waals surface area contributed by atoms with Gasteiger partial charge in [-0.1, -0.05) is 85.8 Å². The van der Waals surface area contributed by atoms with Crippen LogP contribution in [-0.2, 0) is 20.7 Å². The van der Waals surface area contributed by atoms with Crippen molar-refractivity contribution in [3.63, 3.8) is 0 Å². The smallest absolute Gasteiger partial charge is 0.224 e. The fourth-order valence-corrected chi connectivity index (χ4v) is 13.9. The van der Waals surface area contributed by atoms with Crippen LogP contribution in [0.2, 0.25) is 19.1 Å². The van der Waals surface area contributed by atoms with Crippen LogP contribution in [0.4, 0.5) is 5.69 Å². The number of anilines is 1. The van der Waals surface area contributed by atoms with E-state index in [-0.39, 0.29) is 23.0 Å². The van der Waals surface area contributed by atoms with Crippen molar-refractivity contribution in [2.45, 2.75) is 95.6 Å². The molecule has 0 radical (unpaired) electrons. The van der Waals surface area contributed by atoms with Gasteiger partial charge in [0.2, 0.25) is 5.91 Å². The summed E-state index contributed by atoms with van der Waals surface area (Å²) in [6.07, 6.45) is 11.2. The Bertz CT molecular complexity index is 1850. The SMILES string of the molecule is C[C@]12CC[C@@H]3c4ccc(OCCCC(CC(=O)Nc5cccc6cccnc56)C[Si](C)(C)c5ccccc5)cc4CC[C@H]3[C@@H]1CCC21OCCO1. The summed E-state index contributed by atoms with van der Waals surface area (Å²) >= 11 is 0. The standard InChI is InChI=1S/C44H54N2O4Si/c1-43-22-20-37-36-19-17-34(29-33(36)16-18-38(37)39(43)21-23-44(43)49-26-27-50-44)48-25-9-10-31(30-51(2,3)35-13-5-4-6-14-35)28-41(47)46-40-15-7-11-32-12-8-24-45-42(32)40/h4-8,11-15,17,19,24,29,31,37-39H,9-10,16,18,20-23,25-28,30H2,1-3H3,(H,46,47)/t31?,37-,38-,39+,43+/m1/s1. The maximum Gasteiger partial charge on any atom is 0.224 e. The van der Waals surface area contributed by atoms with Gasteiger partial charge in [0.05, 0.1) is 39.1 Å². The van der Waals surface area contributed by atoms with Crippen molar-refractivity contribution >= 4 is 35.8 Å². The molecule has 7 heteroatoms. The predicted molar refractivity (Wildman–Crippen MR) is 207 cm³/mol. The molecule has 0 bridgehead atoms. The highest BCUT2D eigenvalue weighted by Gasteiger charge is 2.65. The van der Waals surface area contributed by atoms with Crippen LogP contribution in [0.1, 0.15) is 75.3 Å². The number of carbonyl (C=O) groups excluding carboxylic acids is 1. The van der Waals surface area contributed by atoms with E-state index in [1.807, 2.05) is 30.3 Å². The average molecular weight is 703 g/mol. The van der Waals surface area contributed by atoms with Gasteiger partial charge in [-0.15, -0.1) is 0 Å². The highest BCUT2D eigenvalue weighted by atomic mass is 28.3. The first kappa shape index (κ1) is 34.6. The number of aromatic nitrogens is 1. The molecule has 2 heterocycles. The number of nitrogens with one attached hydrogen (secondary N) is 1. The fraction of sp³-hybridized carbons (Fsp3) is 0.500. The second-order valence-corrected chi connectivity index (χ2v) is 21.4. The zero-order chi connectivity index (χ0) is 35.1. The van der Waals surface area contributed by atoms with Crippen molar-refractivity contribution in [1.29, 1.82) is 0 Å². The molecular formula is C44H54N2O4Si. The number of nitrogens with zero attached hydrogens (tertiary/aromatic N) is 1. The molecule has 1 N–H and O–H groups in total. The van der Waals surface area contributed by atoms with Gasteiger partial charge in [-0.25, -0.2) is 0 Å². The lowest BCUT2D eigenvalue weighted by molar-refractivity contribution is -0.237. The Balaban J connectivity index is 0.903. The summed E-state index contributed by atoms with van der Waals surface area (Å²) in [5, 5.41) is 5.67. The molecule has 3 aromatic carbocycles. The monoisotopic (exact) mass is 702 g/mol. The molecule has 51 heavy (non-hydrogen) atoms. The summed E-state index contributed by atoms with van der Waals surface area (Å²) in [4.78, 5) is 18.1. The molecule has 1 unspecified atom stereocenters. The molecule has 6 nitrogen and oxygen atoms in total. The second-order valence-electron chi connectivity index (χ2n) is 16.7. The van der Waals surface area contributed by atoms with Gasteiger partial charge >= 0.3 is 0 Å². The summed E-state index contributed by atoms with van der Waals surface area (Å²) < 4.78 is 19.1. The topological polar surface area (TPSA) is 69.7 Å². The zero-order valence-corrected chi connectivity index (χ0v) is 31.7. The number of hydrogen-bond donors (Lipinski definition) is 1. The molecule has 268 valence electrons. The van der Waals surface area contributed by atoms with Crippen LogP contribution in [-0.4, -0.2) is 44.6 Å². The average Bonchev–Trinajstić information content (AvgIpc) is 3.75. The summed E-state index contributed by atoms with van der Waals surface area (Å²) in [5.41, 5.74) is 4.78. The van der Waals surface area contributed by atoms with Gasteiger partial charge < -0.3 is 19.5 Å². The van der Waals surface area contributed by atoms with E-state index in [0.717, 1.165) is 67.3 Å². The van der Waals surface area contributed by atoms with Crippen molar-refractivity contribution in [2.75, 3.05) is 25.1 Å². The molecule has 1 amide bonds. The molecule has 8 rings (SSSR count). The fourth-order valence-electron chi connectivity index (χ4n) is 10.8. The summed E-state index contributed by atoms with van der Waals surface area (Å²) in [6, 6.07) is 28.8. The Morgan fingerprint density at radius 3 is 2.65 bits per heavy atom. The highest BCUT2D eigenvalue weighted by Crippen LogP contribution is 2.66. The van der Waals surface area contributed by atoms with E-state index in [1.54, 1.807) is 11.8 Å². The predicted octanol–water partition coefficient (Wildman–Crippen LogP) is 9.25. The third-order valence-electron chi connectivity index (χ3n) is 13.3. The van der Waals surface area contributed by atoms with Crippen LogP contribution in [0.3, 0.4) is 0 Å². The van der Waals surface area contributed by atoms with Crippen molar-refractivity contribution in [3.8, 4) is 5.75 Å². The molecule has 5 atom stereocenters. The van der Waals surface area contributed by atoms with Gasteiger partial charge in [0.25, 0.3) is 0 Å². The van der Waals surface area contributed by atoms with Crippen LogP contribution >= 0.6 is 0 Å². The minimum atomic E-state index is -1.77. The Hall–Kier alpha value is -3.52. The highest BCUT2D eigenvalue weighted by molar-refractivity contribution is 6.89. The van der Waals surface area contributed by atoms with E-state index in [0.29, 0.717) is 30.8 Å². The molecule has 1 aliphatic heterocycles. The molecule has 4 aliphatic rings. The Kier molecular flexibility index (Phi) is 9.57. The number of rotatable bonds is 11. The number of ether oxygens (including phenoxy) is 3. The van der Waals surface area contributed by atoms with E-state index in [2.05, 4.69) is 78.8 Å². The van der Waals surface area contributed by atoms with Crippen molar-refractivity contribution in [1.82, 2.24) is 4.98 Å². The summed E-state index contributed by atoms with van der Waals surface area (Å²) in [6.45, 7) is 9.48. The van der Waals surface area contributed by atoms with Gasteiger partial charge in [-0.2, -0.15) is 0 Å². The molecule has 1 spiro atoms. The molecule has 3 fully saturated rings. The van der Waals surface area contributed by atoms with Gasteiger partial charge in [0.1, 0.15) is 5.75 Å². The van der Waals surface area contributed by atoms with Crippen LogP contribution in [0.5, 0.6) is 5.75 Å². The van der Waals surface area contributed by atoms with Crippen molar-refractivity contribution < 1.29 is 19.0 Å². The van der Waals surface area contributed by atoms with E-state index in [4.69, 9.17) is 14.2 Å². The van der Waals surface area contributed by atoms with E-state index in [1.165, 1.54) is 36.4 Å². The lowest BCUT2D eigenvalue weighted by atomic mass is 9.55. The third-order valence-corrected chi connectivity index (χ3v) is 16.8. The van der Waals surface area contributed by atoms with Gasteiger partial charge in [-0.3, -0.25) is 9.78 Å². The quantitative estimate of drug-likeness (QED) is 0.125. The van der Waals surface area contributed by atoms with Gasteiger partial charge in [0, 0.05) is 29.8 Å². The molecule has 1 saturated heterocycles. The number of carbonyl (C=O) groups is 1. The minimum Gasteiger partial charge on any atom is -0.494 e. The first-order valence-corrected chi connectivity index (χ1v) is 22.7. The molecule has 3 aliphatic carbocycles. The maximum absolute atomic E-state index is 13.6. The van der Waals surface area contributed by atoms with Crippen LogP contribution in [0.15, 0.2) is 85.1 Å². The van der Waals surface area contributed by atoms with Gasteiger partial charge in [-0.05, 0) is 104 Å². The molecular weight excluding hydrogens is 649 g/mol. The number of fused-ring (bicyclic) bond motifs is 7. The number of amides is 1. The number of pyridine rings is 1. The largest absolute Gasteiger partial charge is 0.494 e. The van der Waals surface area contributed by atoms with Crippen molar-refractivity contribution in [2.24, 2.45) is 23.2 Å². The molecule has 1 aromatic heterocycles. The number of benzene rings is 3. The normalized spacial score (nSPS) is 25.6. The van der Waals surface area contributed by atoms with Crippen molar-refractivity contribution in [3.05, 3.63) is 96.2 Å². The minimum absolute atomic E-state index is 0.0593. The van der Waals surface area contributed by atoms with Gasteiger partial charge in [0.15, 0.2) is 5.79 Å². The second kappa shape index (κ2) is 14.1. The van der Waals surface area contributed by atoms with Crippen LogP contribution < -0.4 is 15.2 Å². The lowest BCUT2D eigenvalue weighted by Crippen LogP contribution is -2.51. The Morgan fingerprint density at radius 1 is 0.980 bits per heavy atom. The summed E-state index contributed by atoms with van der Waals surface area (Å²) in [7, 11) is -1.77. The zero-order valence-electron chi connectivity index (χ0n) is 30.7. The number of hydrogen-bond acceptors (Lipinski definition) is 5. The van der Waals surface area contributed by atoms with Crippen LogP contribution in [0.25, 0.3) is 10.9 Å². The lowest BCUT2D eigenvalue weighted by Gasteiger charge is -2.52. The number of aryl methyl sites for hydroxylation is 1. The van der Waals surface area contributed by atoms with E-state index in [9.17, 15) is 4.79 Å². The van der Waals surface area contributed by atoms with E-state index < -0.39 is 8.07 Å². The molecule has 4 aromatic rings. The van der Waals surface area contributed by atoms with Crippen LogP contribution in [0, 0.1) is 23.2 Å².